The van der Waals surface area contributed by atoms with E-state index in [-0.39, 0.29) is 10.8 Å². The molecule has 2 atom stereocenters. The molecule has 5 nitrogen and oxygen atoms in total. The molecule has 4 aromatic rings. The molecular formula is C27H24N2O3S. The highest BCUT2D eigenvalue weighted by Crippen LogP contribution is 2.37. The molecule has 1 aromatic heterocycles. The van der Waals surface area contributed by atoms with Crippen LogP contribution in [0.3, 0.4) is 0 Å². The second kappa shape index (κ2) is 9.88. The van der Waals surface area contributed by atoms with Gasteiger partial charge in [0.1, 0.15) is 6.04 Å². The molecule has 6 heteroatoms. The van der Waals surface area contributed by atoms with Crippen molar-refractivity contribution in [3.63, 3.8) is 0 Å². The van der Waals surface area contributed by atoms with Gasteiger partial charge in [-0.05, 0) is 58.5 Å². The van der Waals surface area contributed by atoms with Crippen LogP contribution in [0.15, 0.2) is 113 Å². The minimum absolute atomic E-state index is 0.0693. The first kappa shape index (κ1) is 22.6. The number of hydrogen-bond acceptors (Lipinski definition) is 5. The van der Waals surface area contributed by atoms with E-state index < -0.39 is 15.9 Å². The average Bonchev–Trinajstić information content (AvgIpc) is 2.85. The lowest BCUT2D eigenvalue weighted by Gasteiger charge is -2.22. The fourth-order valence-electron chi connectivity index (χ4n) is 4.04. The van der Waals surface area contributed by atoms with Crippen molar-refractivity contribution < 1.29 is 8.42 Å². The predicted octanol–water partition coefficient (Wildman–Crippen LogP) is 6.18. The lowest BCUT2D eigenvalue weighted by molar-refractivity contribution is 0.594. The molecule has 4 rings (SSSR count). The molecule has 0 aliphatic heterocycles. The number of nitroso groups, excluding NO2 is 1. The molecule has 3 aromatic carbocycles. The summed E-state index contributed by atoms with van der Waals surface area (Å²) in [6.07, 6.45) is 5.05. The predicted molar refractivity (Wildman–Crippen MR) is 131 cm³/mol. The van der Waals surface area contributed by atoms with Crippen LogP contribution in [-0.4, -0.2) is 19.7 Å². The average molecular weight is 457 g/mol. The van der Waals surface area contributed by atoms with E-state index in [0.717, 1.165) is 27.8 Å². The van der Waals surface area contributed by atoms with Crippen LogP contribution in [0, 0.1) is 4.91 Å². The van der Waals surface area contributed by atoms with Gasteiger partial charge in [-0.25, -0.2) is 8.42 Å². The van der Waals surface area contributed by atoms with E-state index in [9.17, 15) is 13.3 Å². The first-order valence-electron chi connectivity index (χ1n) is 10.6. The molecule has 0 radical (unpaired) electrons. The summed E-state index contributed by atoms with van der Waals surface area (Å²) in [6, 6.07) is 28.1. The Balaban J connectivity index is 1.75. The van der Waals surface area contributed by atoms with Gasteiger partial charge in [-0.2, -0.15) is 4.91 Å². The van der Waals surface area contributed by atoms with Crippen molar-refractivity contribution >= 4 is 9.84 Å². The maximum absolute atomic E-state index is 12.0. The molecule has 0 bridgehead atoms. The number of aromatic nitrogens is 1. The summed E-state index contributed by atoms with van der Waals surface area (Å²) in [7, 11) is -3.30. The molecule has 166 valence electrons. The van der Waals surface area contributed by atoms with Crippen LogP contribution in [0.4, 0.5) is 0 Å². The number of rotatable bonds is 8. The molecule has 33 heavy (non-hydrogen) atoms. The summed E-state index contributed by atoms with van der Waals surface area (Å²) in [6.45, 7) is 0. The van der Waals surface area contributed by atoms with Crippen molar-refractivity contribution in [1.29, 1.82) is 0 Å². The minimum atomic E-state index is -3.30. The van der Waals surface area contributed by atoms with Gasteiger partial charge in [-0.15, -0.1) is 0 Å². The van der Waals surface area contributed by atoms with Gasteiger partial charge in [-0.3, -0.25) is 4.98 Å². The van der Waals surface area contributed by atoms with Gasteiger partial charge in [0, 0.05) is 24.6 Å². The Hall–Kier alpha value is -3.64. The van der Waals surface area contributed by atoms with Crippen molar-refractivity contribution in [3.05, 3.63) is 125 Å². The first-order chi connectivity index (χ1) is 16.0. The monoisotopic (exact) mass is 456 g/mol. The first-order valence-corrected chi connectivity index (χ1v) is 12.5. The zero-order valence-corrected chi connectivity index (χ0v) is 19.0. The van der Waals surface area contributed by atoms with E-state index in [0.29, 0.717) is 6.42 Å². The van der Waals surface area contributed by atoms with E-state index in [1.807, 2.05) is 54.6 Å². The molecule has 0 saturated heterocycles. The van der Waals surface area contributed by atoms with Gasteiger partial charge in [0.15, 0.2) is 9.84 Å². The summed E-state index contributed by atoms with van der Waals surface area (Å²) >= 11 is 0. The molecule has 0 aliphatic rings. The molecule has 0 N–H and O–H groups in total. The molecule has 1 heterocycles. The van der Waals surface area contributed by atoms with Gasteiger partial charge >= 0.3 is 0 Å². The summed E-state index contributed by atoms with van der Waals surface area (Å²) in [4.78, 5) is 16.1. The fourth-order valence-corrected chi connectivity index (χ4v) is 4.71. The second-order valence-corrected chi connectivity index (χ2v) is 10.0. The lowest BCUT2D eigenvalue weighted by Crippen LogP contribution is -2.07. The van der Waals surface area contributed by atoms with Crippen LogP contribution >= 0.6 is 0 Å². The molecular weight excluding hydrogens is 432 g/mol. The number of pyridine rings is 1. The van der Waals surface area contributed by atoms with Gasteiger partial charge in [0.05, 0.1) is 4.90 Å². The molecule has 0 spiro atoms. The smallest absolute Gasteiger partial charge is 0.175 e. The number of nitrogens with zero attached hydrogens (tertiary/aromatic N) is 2. The molecule has 0 saturated carbocycles. The fraction of sp³-hybridized carbons (Fsp3) is 0.148. The molecule has 0 fully saturated rings. The third kappa shape index (κ3) is 5.41. The Kier molecular flexibility index (Phi) is 6.75. The highest BCUT2D eigenvalue weighted by atomic mass is 32.2. The van der Waals surface area contributed by atoms with Crippen molar-refractivity contribution in [1.82, 2.24) is 4.98 Å². The Morgan fingerprint density at radius 2 is 1.39 bits per heavy atom. The summed E-state index contributed by atoms with van der Waals surface area (Å²) in [5, 5.41) is 3.42. The van der Waals surface area contributed by atoms with E-state index in [2.05, 4.69) is 28.4 Å². The van der Waals surface area contributed by atoms with Crippen LogP contribution < -0.4 is 0 Å². The van der Waals surface area contributed by atoms with Crippen LogP contribution in [0.2, 0.25) is 0 Å². The van der Waals surface area contributed by atoms with E-state index in [1.54, 1.807) is 30.6 Å². The highest BCUT2D eigenvalue weighted by molar-refractivity contribution is 7.90. The Bertz CT molecular complexity index is 1340. The minimum Gasteiger partial charge on any atom is -0.265 e. The molecule has 0 amide bonds. The van der Waals surface area contributed by atoms with Crippen molar-refractivity contribution in [2.45, 2.75) is 23.3 Å². The van der Waals surface area contributed by atoms with Crippen molar-refractivity contribution in [3.8, 4) is 11.1 Å². The van der Waals surface area contributed by atoms with Crippen LogP contribution in [0.5, 0.6) is 0 Å². The normalized spacial score (nSPS) is 13.2. The topological polar surface area (TPSA) is 76.5 Å². The number of sulfone groups is 1. The van der Waals surface area contributed by atoms with Crippen LogP contribution in [-0.2, 0) is 9.84 Å². The van der Waals surface area contributed by atoms with Crippen molar-refractivity contribution in [2.75, 3.05) is 6.26 Å². The maximum Gasteiger partial charge on any atom is 0.175 e. The van der Waals surface area contributed by atoms with Gasteiger partial charge in [0.2, 0.25) is 0 Å². The number of benzene rings is 3. The maximum atomic E-state index is 12.0. The van der Waals surface area contributed by atoms with E-state index in [1.165, 1.54) is 6.26 Å². The quantitative estimate of drug-likeness (QED) is 0.297. The highest BCUT2D eigenvalue weighted by Gasteiger charge is 2.22. The van der Waals surface area contributed by atoms with Crippen LogP contribution in [0.25, 0.3) is 11.1 Å². The third-order valence-electron chi connectivity index (χ3n) is 5.76. The second-order valence-electron chi connectivity index (χ2n) is 8.03. The third-order valence-corrected chi connectivity index (χ3v) is 6.87. The van der Waals surface area contributed by atoms with Crippen molar-refractivity contribution in [2.24, 2.45) is 5.18 Å². The SMILES string of the molecule is CS(=O)(=O)c1cccc(-c2cccc(C(CC(N=O)c3ccncc3)c3ccccc3)c2)c1. The Morgan fingerprint density at radius 3 is 2.06 bits per heavy atom. The molecule has 0 aliphatic carbocycles. The van der Waals surface area contributed by atoms with Gasteiger partial charge in [-0.1, -0.05) is 71.9 Å². The summed E-state index contributed by atoms with van der Waals surface area (Å²) in [5.74, 6) is -0.0693. The van der Waals surface area contributed by atoms with E-state index in [4.69, 9.17) is 0 Å². The standard InChI is InChI=1S/C27H24N2O3S/c1-33(31,32)25-12-6-10-23(18-25)22-9-5-11-24(17-22)26(20-7-3-2-4-8-20)19-27(29-30)21-13-15-28-16-14-21/h2-18,26-27H,19H2,1H3. The largest absolute Gasteiger partial charge is 0.265 e. The zero-order chi connectivity index (χ0) is 23.3. The Labute approximate surface area is 194 Å². The van der Waals surface area contributed by atoms with Gasteiger partial charge in [0.25, 0.3) is 0 Å². The lowest BCUT2D eigenvalue weighted by atomic mass is 9.83. The Morgan fingerprint density at radius 1 is 0.758 bits per heavy atom. The summed E-state index contributed by atoms with van der Waals surface area (Å²) < 4.78 is 24.0. The van der Waals surface area contributed by atoms with Crippen LogP contribution in [0.1, 0.15) is 35.1 Å². The number of hydrogen-bond donors (Lipinski definition) is 0. The van der Waals surface area contributed by atoms with Gasteiger partial charge < -0.3 is 0 Å². The summed E-state index contributed by atoms with van der Waals surface area (Å²) in [5.41, 5.74) is 4.69. The van der Waals surface area contributed by atoms with E-state index >= 15 is 0 Å². The molecule has 2 unspecified atom stereocenters. The zero-order valence-electron chi connectivity index (χ0n) is 18.2.